The van der Waals surface area contributed by atoms with Gasteiger partial charge >= 0.3 is 0 Å². The molecule has 4 nitrogen and oxygen atoms in total. The molecule has 0 saturated carbocycles. The van der Waals surface area contributed by atoms with Crippen LogP contribution in [0.3, 0.4) is 0 Å². The smallest absolute Gasteiger partial charge is 0.179 e. The van der Waals surface area contributed by atoms with Crippen molar-refractivity contribution in [3.63, 3.8) is 0 Å². The summed E-state index contributed by atoms with van der Waals surface area (Å²) in [4.78, 5) is 2.21. The predicted octanol–water partition coefficient (Wildman–Crippen LogP) is 4.08. The van der Waals surface area contributed by atoms with Crippen molar-refractivity contribution in [1.82, 2.24) is 10.2 Å². The fourth-order valence-electron chi connectivity index (χ4n) is 2.92. The van der Waals surface area contributed by atoms with Crippen molar-refractivity contribution in [2.24, 2.45) is 0 Å². The van der Waals surface area contributed by atoms with Crippen LogP contribution in [0.4, 0.5) is 11.5 Å². The Morgan fingerprint density at radius 3 is 2.62 bits per heavy atom. The summed E-state index contributed by atoms with van der Waals surface area (Å²) in [7, 11) is 0. The van der Waals surface area contributed by atoms with E-state index in [-0.39, 0.29) is 6.04 Å². The second-order valence-corrected chi connectivity index (χ2v) is 5.94. The standard InChI is InChI=1S/C16H20N4S/c1-4-5-13-14-11(3)18-19-15(14)17-16(21)20(13)12-8-6-10(2)7-9-12/h6-9,13H,4-5H2,1-3H3,(H2,17,18,19,21). The van der Waals surface area contributed by atoms with Crippen LogP contribution in [0.5, 0.6) is 0 Å². The zero-order chi connectivity index (χ0) is 15.0. The highest BCUT2D eigenvalue weighted by atomic mass is 32.1. The number of H-pyrrole nitrogens is 1. The topological polar surface area (TPSA) is 44.0 Å². The third-order valence-corrected chi connectivity index (χ3v) is 4.26. The molecule has 0 radical (unpaired) electrons. The molecular formula is C16H20N4S. The molecule has 21 heavy (non-hydrogen) atoms. The van der Waals surface area contributed by atoms with Crippen LogP contribution in [-0.2, 0) is 0 Å². The Morgan fingerprint density at radius 1 is 1.24 bits per heavy atom. The van der Waals surface area contributed by atoms with Crippen molar-refractivity contribution in [3.05, 3.63) is 41.1 Å². The van der Waals surface area contributed by atoms with E-state index in [1.807, 2.05) is 0 Å². The summed E-state index contributed by atoms with van der Waals surface area (Å²) in [6.07, 6.45) is 2.14. The average Bonchev–Trinajstić information content (AvgIpc) is 2.82. The van der Waals surface area contributed by atoms with Gasteiger partial charge in [-0.2, -0.15) is 5.10 Å². The summed E-state index contributed by atoms with van der Waals surface area (Å²) in [6, 6.07) is 8.75. The van der Waals surface area contributed by atoms with E-state index in [0.29, 0.717) is 0 Å². The fourth-order valence-corrected chi connectivity index (χ4v) is 3.25. The number of thiocarbonyl (C=S) groups is 1. The van der Waals surface area contributed by atoms with Crippen molar-refractivity contribution >= 4 is 28.8 Å². The van der Waals surface area contributed by atoms with Gasteiger partial charge in [-0.05, 0) is 44.6 Å². The number of fused-ring (bicyclic) bond motifs is 1. The van der Waals surface area contributed by atoms with Crippen molar-refractivity contribution in [2.45, 2.75) is 39.7 Å². The molecule has 1 aromatic carbocycles. The average molecular weight is 300 g/mol. The lowest BCUT2D eigenvalue weighted by molar-refractivity contribution is 0.625. The zero-order valence-corrected chi connectivity index (χ0v) is 13.4. The third kappa shape index (κ3) is 2.42. The number of hydrogen-bond acceptors (Lipinski definition) is 2. The molecule has 3 rings (SSSR count). The normalized spacial score (nSPS) is 17.6. The fraction of sp³-hybridized carbons (Fsp3) is 0.375. The molecule has 5 heteroatoms. The number of nitrogens with one attached hydrogen (secondary N) is 2. The van der Waals surface area contributed by atoms with Gasteiger partial charge in [-0.15, -0.1) is 0 Å². The molecule has 2 heterocycles. The highest BCUT2D eigenvalue weighted by molar-refractivity contribution is 7.80. The minimum Gasteiger partial charge on any atom is -0.315 e. The molecule has 1 unspecified atom stereocenters. The number of anilines is 2. The predicted molar refractivity (Wildman–Crippen MR) is 90.9 cm³/mol. The first kappa shape index (κ1) is 14.1. The minimum atomic E-state index is 0.236. The Morgan fingerprint density at radius 2 is 1.95 bits per heavy atom. The molecule has 110 valence electrons. The molecule has 1 aromatic heterocycles. The summed E-state index contributed by atoms with van der Waals surface area (Å²) in [5.74, 6) is 0.874. The lowest BCUT2D eigenvalue weighted by Crippen LogP contribution is -2.42. The highest BCUT2D eigenvalue weighted by Crippen LogP contribution is 2.39. The van der Waals surface area contributed by atoms with E-state index in [1.54, 1.807) is 0 Å². The second-order valence-electron chi connectivity index (χ2n) is 5.55. The van der Waals surface area contributed by atoms with Gasteiger partial charge in [0, 0.05) is 16.9 Å². The first-order chi connectivity index (χ1) is 10.1. The number of benzene rings is 1. The van der Waals surface area contributed by atoms with Gasteiger partial charge < -0.3 is 10.2 Å². The molecule has 0 fully saturated rings. The largest absolute Gasteiger partial charge is 0.315 e. The number of hydrogen-bond donors (Lipinski definition) is 2. The maximum Gasteiger partial charge on any atom is 0.179 e. The zero-order valence-electron chi connectivity index (χ0n) is 12.6. The number of rotatable bonds is 3. The first-order valence-corrected chi connectivity index (χ1v) is 7.74. The van der Waals surface area contributed by atoms with Crippen LogP contribution in [0.15, 0.2) is 24.3 Å². The van der Waals surface area contributed by atoms with E-state index in [0.717, 1.165) is 35.2 Å². The van der Waals surface area contributed by atoms with Gasteiger partial charge in [-0.3, -0.25) is 5.10 Å². The maximum atomic E-state index is 5.58. The number of aryl methyl sites for hydroxylation is 2. The Kier molecular flexibility index (Phi) is 3.68. The number of aromatic amines is 1. The quantitative estimate of drug-likeness (QED) is 0.838. The Labute approximate surface area is 130 Å². The molecule has 0 aliphatic carbocycles. The second kappa shape index (κ2) is 5.48. The van der Waals surface area contributed by atoms with E-state index in [4.69, 9.17) is 12.2 Å². The molecule has 2 aromatic rings. The van der Waals surface area contributed by atoms with E-state index in [2.05, 4.69) is 65.5 Å². The van der Waals surface area contributed by atoms with Crippen LogP contribution >= 0.6 is 12.2 Å². The van der Waals surface area contributed by atoms with Crippen LogP contribution in [0, 0.1) is 13.8 Å². The highest BCUT2D eigenvalue weighted by Gasteiger charge is 2.33. The molecule has 1 atom stereocenters. The molecule has 0 bridgehead atoms. The summed E-state index contributed by atoms with van der Waals surface area (Å²) in [6.45, 7) is 6.36. The van der Waals surface area contributed by atoms with Crippen LogP contribution in [0.2, 0.25) is 0 Å². The third-order valence-electron chi connectivity index (χ3n) is 3.96. The van der Waals surface area contributed by atoms with Crippen LogP contribution in [0.1, 0.15) is 42.6 Å². The summed E-state index contributed by atoms with van der Waals surface area (Å²) >= 11 is 5.58. The lowest BCUT2D eigenvalue weighted by atomic mass is 9.98. The maximum absolute atomic E-state index is 5.58. The van der Waals surface area contributed by atoms with Crippen molar-refractivity contribution in [1.29, 1.82) is 0 Å². The minimum absolute atomic E-state index is 0.236. The SMILES string of the molecule is CCCC1c2c(n[nH]c2C)NC(=S)N1c1ccc(C)cc1. The first-order valence-electron chi connectivity index (χ1n) is 7.33. The van der Waals surface area contributed by atoms with Crippen LogP contribution in [-0.4, -0.2) is 15.3 Å². The molecule has 0 amide bonds. The number of nitrogens with zero attached hydrogens (tertiary/aromatic N) is 2. The molecule has 0 saturated heterocycles. The summed E-state index contributed by atoms with van der Waals surface area (Å²) < 4.78 is 0. The Bertz CT molecular complexity index is 659. The van der Waals surface area contributed by atoms with E-state index < -0.39 is 0 Å². The Hall–Kier alpha value is -1.88. The lowest BCUT2D eigenvalue weighted by Gasteiger charge is -2.38. The van der Waals surface area contributed by atoms with Crippen molar-refractivity contribution in [3.8, 4) is 0 Å². The molecule has 0 spiro atoms. The molecule has 1 aliphatic heterocycles. The van der Waals surface area contributed by atoms with Gasteiger partial charge in [-0.25, -0.2) is 0 Å². The monoisotopic (exact) mass is 300 g/mol. The number of aromatic nitrogens is 2. The van der Waals surface area contributed by atoms with Gasteiger partial charge in [0.2, 0.25) is 0 Å². The van der Waals surface area contributed by atoms with Gasteiger partial charge in [0.25, 0.3) is 0 Å². The van der Waals surface area contributed by atoms with E-state index in [1.165, 1.54) is 11.1 Å². The Balaban J connectivity index is 2.07. The van der Waals surface area contributed by atoms with Crippen molar-refractivity contribution in [2.75, 3.05) is 10.2 Å². The summed E-state index contributed by atoms with van der Waals surface area (Å²) in [5, 5.41) is 11.4. The van der Waals surface area contributed by atoms with E-state index in [9.17, 15) is 0 Å². The molecular weight excluding hydrogens is 280 g/mol. The van der Waals surface area contributed by atoms with Crippen LogP contribution in [0.25, 0.3) is 0 Å². The van der Waals surface area contributed by atoms with Crippen molar-refractivity contribution < 1.29 is 0 Å². The van der Waals surface area contributed by atoms with Gasteiger partial charge in [0.1, 0.15) is 0 Å². The van der Waals surface area contributed by atoms with Gasteiger partial charge in [-0.1, -0.05) is 31.0 Å². The van der Waals surface area contributed by atoms with E-state index >= 15 is 0 Å². The molecule has 1 aliphatic rings. The van der Waals surface area contributed by atoms with Crippen LogP contribution < -0.4 is 10.2 Å². The summed E-state index contributed by atoms with van der Waals surface area (Å²) in [5.41, 5.74) is 4.71. The van der Waals surface area contributed by atoms with Gasteiger partial charge in [0.05, 0.1) is 6.04 Å². The molecule has 2 N–H and O–H groups in total. The van der Waals surface area contributed by atoms with Gasteiger partial charge in [0.15, 0.2) is 10.9 Å².